The third-order valence-electron chi connectivity index (χ3n) is 3.86. The van der Waals surface area contributed by atoms with Gasteiger partial charge < -0.3 is 5.11 Å². The summed E-state index contributed by atoms with van der Waals surface area (Å²) in [7, 11) is -2.72. The van der Waals surface area contributed by atoms with Crippen LogP contribution in [-0.4, -0.2) is 42.4 Å². The van der Waals surface area contributed by atoms with Gasteiger partial charge in [0, 0.05) is 13.1 Å². The van der Waals surface area contributed by atoms with Gasteiger partial charge in [-0.2, -0.15) is 4.31 Å². The number of nitro groups is 1. The minimum absolute atomic E-state index is 0.192. The number of likely N-dealkylation sites (N-methyl/N-ethyl adjacent to an activating group) is 1. The predicted molar refractivity (Wildman–Crippen MR) is 105 cm³/mol. The topological polar surface area (TPSA) is 101 Å². The zero-order chi connectivity index (χ0) is 19.2. The van der Waals surface area contributed by atoms with Gasteiger partial charge in [-0.05, 0) is 23.0 Å². The summed E-state index contributed by atoms with van der Waals surface area (Å²) in [5, 5.41) is 20.4. The zero-order valence-electron chi connectivity index (χ0n) is 14.2. The molecule has 2 atom stereocenters. The highest BCUT2D eigenvalue weighted by atomic mass is 127. The molecule has 0 heterocycles. The van der Waals surface area contributed by atoms with E-state index in [-0.39, 0.29) is 17.4 Å². The Kier molecular flexibility index (Phi) is 8.19. The largest absolute Gasteiger partial charge is 0.392 e. The van der Waals surface area contributed by atoms with Gasteiger partial charge in [-0.15, -0.1) is 0 Å². The van der Waals surface area contributed by atoms with E-state index >= 15 is 0 Å². The van der Waals surface area contributed by atoms with Crippen LogP contribution in [0.2, 0.25) is 0 Å². The van der Waals surface area contributed by atoms with Crippen LogP contribution < -0.4 is 0 Å². The molecule has 0 aromatic heterocycles. The summed E-state index contributed by atoms with van der Waals surface area (Å²) in [5.41, 5.74) is 0.197. The van der Waals surface area contributed by atoms with Crippen molar-refractivity contribution in [3.05, 3.63) is 56.2 Å². The Balaban J connectivity index is 3.48. The van der Waals surface area contributed by atoms with Gasteiger partial charge in [0.25, 0.3) is 5.69 Å². The lowest BCUT2D eigenvalue weighted by Gasteiger charge is -2.31. The van der Waals surface area contributed by atoms with E-state index in [2.05, 4.69) is 0 Å². The Morgan fingerprint density at radius 3 is 2.56 bits per heavy atom. The molecule has 0 spiro atoms. The number of nitro benzene ring substituents is 1. The highest BCUT2D eigenvalue weighted by molar-refractivity contribution is 14.1. The number of benzene rings is 1. The number of halogens is 1. The van der Waals surface area contributed by atoms with Crippen LogP contribution in [0.1, 0.15) is 13.8 Å². The maximum Gasteiger partial charge on any atom is 0.289 e. The summed E-state index contributed by atoms with van der Waals surface area (Å²) in [6.07, 6.45) is 3.37. The van der Waals surface area contributed by atoms with E-state index in [0.29, 0.717) is 5.57 Å². The Bertz CT molecular complexity index is 776. The Morgan fingerprint density at radius 2 is 2.04 bits per heavy atom. The van der Waals surface area contributed by atoms with Crippen molar-refractivity contribution in [1.29, 1.82) is 0 Å². The normalized spacial score (nSPS) is 15.5. The van der Waals surface area contributed by atoms with Gasteiger partial charge in [-0.25, -0.2) is 8.42 Å². The molecule has 1 N–H and O–H groups in total. The third-order valence-corrected chi connectivity index (χ3v) is 6.17. The lowest BCUT2D eigenvalue weighted by Crippen LogP contribution is -2.41. The Hall–Kier alpha value is -1.30. The van der Waals surface area contributed by atoms with Gasteiger partial charge in [0.05, 0.1) is 17.6 Å². The van der Waals surface area contributed by atoms with Crippen molar-refractivity contribution in [1.82, 2.24) is 4.31 Å². The second kappa shape index (κ2) is 9.41. The summed E-state index contributed by atoms with van der Waals surface area (Å²) in [5.74, 6) is -0.192. The number of aliphatic hydroxyl groups excluding tert-OH is 1. The van der Waals surface area contributed by atoms with Crippen LogP contribution in [0.4, 0.5) is 5.69 Å². The molecule has 0 amide bonds. The fourth-order valence-electron chi connectivity index (χ4n) is 2.65. The molecule has 0 saturated carbocycles. The van der Waals surface area contributed by atoms with Crippen LogP contribution in [-0.2, 0) is 10.0 Å². The summed E-state index contributed by atoms with van der Waals surface area (Å²) < 4.78 is 29.0. The fraction of sp³-hybridized carbons (Fsp3) is 0.375. The molecule has 0 aliphatic rings. The van der Waals surface area contributed by atoms with Gasteiger partial charge in [0.15, 0.2) is 4.90 Å². The lowest BCUT2D eigenvalue weighted by atomic mass is 9.95. The van der Waals surface area contributed by atoms with E-state index in [1.807, 2.05) is 35.6 Å². The minimum Gasteiger partial charge on any atom is -0.392 e. The molecular weight excluding hydrogens is 459 g/mol. The van der Waals surface area contributed by atoms with Gasteiger partial charge in [0.1, 0.15) is 0 Å². The predicted octanol–water partition coefficient (Wildman–Crippen LogP) is 3.11. The van der Waals surface area contributed by atoms with E-state index < -0.39 is 26.7 Å². The maximum absolute atomic E-state index is 13.0. The van der Waals surface area contributed by atoms with E-state index in [1.54, 1.807) is 11.0 Å². The number of hydrogen-bond donors (Lipinski definition) is 1. The molecule has 1 aromatic carbocycles. The average Bonchev–Trinajstić information content (AvgIpc) is 2.55. The SMILES string of the molecule is C/C(=C\CO)[C@H]([C@@H](C)/C=C/I)N(C)S(=O)(=O)c1ccccc1[N+](=O)[O-]. The summed E-state index contributed by atoms with van der Waals surface area (Å²) in [6, 6.07) is 4.69. The first-order valence-corrected chi connectivity index (χ1v) is 10.1. The quantitative estimate of drug-likeness (QED) is 0.267. The van der Waals surface area contributed by atoms with Crippen LogP contribution in [0.5, 0.6) is 0 Å². The monoisotopic (exact) mass is 480 g/mol. The molecule has 9 heteroatoms. The smallest absolute Gasteiger partial charge is 0.289 e. The third kappa shape index (κ3) is 5.09. The van der Waals surface area contributed by atoms with Crippen LogP contribution in [0.3, 0.4) is 0 Å². The van der Waals surface area contributed by atoms with Crippen molar-refractivity contribution in [2.75, 3.05) is 13.7 Å². The molecule has 1 rings (SSSR count). The van der Waals surface area contributed by atoms with E-state index in [0.717, 1.165) is 4.31 Å². The Labute approximate surface area is 161 Å². The second-order valence-electron chi connectivity index (χ2n) is 5.50. The fourth-order valence-corrected chi connectivity index (χ4v) is 4.93. The molecule has 0 aliphatic heterocycles. The number of nitrogens with zero attached hydrogens (tertiary/aromatic N) is 2. The molecule has 0 bridgehead atoms. The molecule has 25 heavy (non-hydrogen) atoms. The molecule has 0 unspecified atom stereocenters. The first-order chi connectivity index (χ1) is 11.7. The van der Waals surface area contributed by atoms with Crippen molar-refractivity contribution in [3.8, 4) is 0 Å². The van der Waals surface area contributed by atoms with Crippen LogP contribution in [0.25, 0.3) is 0 Å². The zero-order valence-corrected chi connectivity index (χ0v) is 17.1. The number of hydrogen-bond acceptors (Lipinski definition) is 5. The van der Waals surface area contributed by atoms with Gasteiger partial charge in [-0.1, -0.05) is 59.4 Å². The van der Waals surface area contributed by atoms with Crippen LogP contribution >= 0.6 is 22.6 Å². The molecular formula is C16H21IN2O5S. The Morgan fingerprint density at radius 1 is 1.44 bits per heavy atom. The van der Waals surface area contributed by atoms with Gasteiger partial charge in [-0.3, -0.25) is 10.1 Å². The van der Waals surface area contributed by atoms with Crippen molar-refractivity contribution < 1.29 is 18.4 Å². The summed E-state index contributed by atoms with van der Waals surface area (Å²) in [6.45, 7) is 3.35. The number of rotatable bonds is 8. The number of para-hydroxylation sites is 1. The maximum atomic E-state index is 13.0. The lowest BCUT2D eigenvalue weighted by molar-refractivity contribution is -0.387. The van der Waals surface area contributed by atoms with E-state index in [1.165, 1.54) is 37.4 Å². The molecule has 0 aliphatic carbocycles. The second-order valence-corrected chi connectivity index (χ2v) is 8.18. The molecule has 0 saturated heterocycles. The molecule has 0 radical (unpaired) electrons. The minimum atomic E-state index is -4.11. The van der Waals surface area contributed by atoms with Gasteiger partial charge >= 0.3 is 0 Å². The molecule has 1 aromatic rings. The van der Waals surface area contributed by atoms with Crippen LogP contribution in [0, 0.1) is 16.0 Å². The molecule has 0 fully saturated rings. The average molecular weight is 480 g/mol. The van der Waals surface area contributed by atoms with Crippen molar-refractivity contribution >= 4 is 38.3 Å². The first-order valence-electron chi connectivity index (χ1n) is 7.44. The first kappa shape index (κ1) is 21.7. The number of aliphatic hydroxyl groups is 1. The highest BCUT2D eigenvalue weighted by Gasteiger charge is 2.35. The van der Waals surface area contributed by atoms with Crippen LogP contribution in [0.15, 0.2) is 51.0 Å². The molecule has 7 nitrogen and oxygen atoms in total. The van der Waals surface area contributed by atoms with Crippen molar-refractivity contribution in [2.24, 2.45) is 5.92 Å². The molecule has 138 valence electrons. The standard InChI is InChI=1S/C16H21IN2O5S/c1-12(8-10-17)16(13(2)9-11-20)18(3)25(23,24)15-7-5-4-6-14(15)19(21)22/h4-10,12,16,20H,11H2,1-3H3/b10-8+,13-9+/t12-,16-/m0/s1. The summed E-state index contributed by atoms with van der Waals surface area (Å²) in [4.78, 5) is 10.1. The summed E-state index contributed by atoms with van der Waals surface area (Å²) >= 11 is 2.04. The van der Waals surface area contributed by atoms with E-state index in [9.17, 15) is 18.5 Å². The number of sulfonamides is 1. The van der Waals surface area contributed by atoms with Crippen molar-refractivity contribution in [3.63, 3.8) is 0 Å². The van der Waals surface area contributed by atoms with Gasteiger partial charge in [0.2, 0.25) is 10.0 Å². The van der Waals surface area contributed by atoms with Crippen molar-refractivity contribution in [2.45, 2.75) is 24.8 Å². The highest BCUT2D eigenvalue weighted by Crippen LogP contribution is 2.30. The van der Waals surface area contributed by atoms with E-state index in [4.69, 9.17) is 5.11 Å².